The fourth-order valence-electron chi connectivity index (χ4n) is 3.76. The van der Waals surface area contributed by atoms with Crippen molar-refractivity contribution in [2.75, 3.05) is 19.6 Å². The number of rotatable bonds is 4. The molecule has 1 saturated heterocycles. The lowest BCUT2D eigenvalue weighted by molar-refractivity contribution is -0.127. The zero-order valence-electron chi connectivity index (χ0n) is 14.2. The summed E-state index contributed by atoms with van der Waals surface area (Å²) in [4.78, 5) is 14.6. The number of carbonyl (C=O) groups excluding carboxylic acids is 1. The highest BCUT2D eigenvalue weighted by atomic mass is 16.1. The highest BCUT2D eigenvalue weighted by Gasteiger charge is 2.29. The predicted octanol–water partition coefficient (Wildman–Crippen LogP) is 3.22. The minimum Gasteiger partial charge on any atom is -0.354 e. The topological polar surface area (TPSA) is 32.3 Å². The molecule has 21 heavy (non-hydrogen) atoms. The van der Waals surface area contributed by atoms with Gasteiger partial charge in [-0.2, -0.15) is 0 Å². The number of nitrogens with zero attached hydrogens (tertiary/aromatic N) is 1. The van der Waals surface area contributed by atoms with Gasteiger partial charge in [-0.25, -0.2) is 0 Å². The van der Waals surface area contributed by atoms with Crippen molar-refractivity contribution in [1.29, 1.82) is 0 Å². The first-order chi connectivity index (χ1) is 9.97. The van der Waals surface area contributed by atoms with E-state index in [1.165, 1.54) is 19.4 Å². The van der Waals surface area contributed by atoms with Gasteiger partial charge in [-0.15, -0.1) is 0 Å². The van der Waals surface area contributed by atoms with Gasteiger partial charge >= 0.3 is 0 Å². The summed E-state index contributed by atoms with van der Waals surface area (Å²) in [5.74, 6) is 2.01. The maximum atomic E-state index is 12.1. The third kappa shape index (κ3) is 4.57. The molecule has 2 aliphatic rings. The van der Waals surface area contributed by atoms with Crippen LogP contribution in [0.4, 0.5) is 0 Å². The first-order valence-electron chi connectivity index (χ1n) is 8.66. The number of allylic oxidation sites excluding steroid dienone is 1. The van der Waals surface area contributed by atoms with E-state index in [-0.39, 0.29) is 17.9 Å². The lowest BCUT2D eigenvalue weighted by Gasteiger charge is -2.37. The van der Waals surface area contributed by atoms with E-state index in [1.807, 2.05) is 13.8 Å². The second kappa shape index (κ2) is 7.44. The fourth-order valence-corrected chi connectivity index (χ4v) is 3.76. The normalized spacial score (nSPS) is 28.5. The maximum absolute atomic E-state index is 12.1. The van der Waals surface area contributed by atoms with Crippen LogP contribution in [0, 0.1) is 17.8 Å². The van der Waals surface area contributed by atoms with Crippen molar-refractivity contribution in [1.82, 2.24) is 10.2 Å². The number of amides is 1. The minimum atomic E-state index is 0.226. The van der Waals surface area contributed by atoms with E-state index in [1.54, 1.807) is 5.57 Å². The van der Waals surface area contributed by atoms with Gasteiger partial charge in [0.05, 0.1) is 0 Å². The molecule has 1 amide bonds. The molecular formula is C18H32N2O. The Bertz CT molecular complexity index is 381. The van der Waals surface area contributed by atoms with Gasteiger partial charge in [0, 0.05) is 18.5 Å². The second-order valence-electron chi connectivity index (χ2n) is 7.35. The third-order valence-corrected chi connectivity index (χ3v) is 5.20. The first-order valence-corrected chi connectivity index (χ1v) is 8.66. The van der Waals surface area contributed by atoms with Crippen LogP contribution in [0.25, 0.3) is 0 Å². The highest BCUT2D eigenvalue weighted by Crippen LogP contribution is 2.31. The molecule has 0 bridgehead atoms. The van der Waals surface area contributed by atoms with Gasteiger partial charge in [0.25, 0.3) is 0 Å². The molecule has 0 radical (unpaired) electrons. The van der Waals surface area contributed by atoms with Crippen LogP contribution >= 0.6 is 0 Å². The minimum absolute atomic E-state index is 0.226. The maximum Gasteiger partial charge on any atom is 0.223 e. The molecule has 2 rings (SSSR count). The van der Waals surface area contributed by atoms with Gasteiger partial charge < -0.3 is 10.2 Å². The monoisotopic (exact) mass is 292 g/mol. The van der Waals surface area contributed by atoms with Crippen LogP contribution in [0.5, 0.6) is 0 Å². The molecule has 0 aromatic rings. The Labute approximate surface area is 130 Å². The standard InChI is InChI=1S/C18H32N2O/c1-13(2)19-18(21)16-8-10-20(11-9-16)12-17-14(3)6-5-7-15(17)4/h6,13,15-17H,5,7-12H2,1-4H3,(H,19,21)/t15-,17-/m1/s1. The predicted molar refractivity (Wildman–Crippen MR) is 88.1 cm³/mol. The lowest BCUT2D eigenvalue weighted by atomic mass is 9.79. The second-order valence-corrected chi connectivity index (χ2v) is 7.35. The van der Waals surface area contributed by atoms with Crippen LogP contribution in [-0.4, -0.2) is 36.5 Å². The molecule has 1 aliphatic carbocycles. The highest BCUT2D eigenvalue weighted by molar-refractivity contribution is 5.78. The fraction of sp³-hybridized carbons (Fsp3) is 0.833. The van der Waals surface area contributed by atoms with E-state index in [0.29, 0.717) is 0 Å². The van der Waals surface area contributed by atoms with Gasteiger partial charge in [-0.1, -0.05) is 18.6 Å². The smallest absolute Gasteiger partial charge is 0.223 e. The zero-order valence-corrected chi connectivity index (χ0v) is 14.2. The molecule has 0 spiro atoms. The summed E-state index contributed by atoms with van der Waals surface area (Å²) in [6, 6.07) is 0.256. The summed E-state index contributed by atoms with van der Waals surface area (Å²) in [5, 5.41) is 3.06. The van der Waals surface area contributed by atoms with E-state index in [9.17, 15) is 4.79 Å². The number of carbonyl (C=O) groups is 1. The van der Waals surface area contributed by atoms with Crippen molar-refractivity contribution >= 4 is 5.91 Å². The van der Waals surface area contributed by atoms with Crippen molar-refractivity contribution in [3.63, 3.8) is 0 Å². The quantitative estimate of drug-likeness (QED) is 0.807. The average molecular weight is 292 g/mol. The Balaban J connectivity index is 1.80. The largest absolute Gasteiger partial charge is 0.354 e. The summed E-state index contributed by atoms with van der Waals surface area (Å²) in [5.41, 5.74) is 1.58. The number of nitrogens with one attached hydrogen (secondary N) is 1. The molecule has 0 saturated carbocycles. The first kappa shape index (κ1) is 16.5. The van der Waals surface area contributed by atoms with E-state index < -0.39 is 0 Å². The Morgan fingerprint density at radius 2 is 2.00 bits per heavy atom. The third-order valence-electron chi connectivity index (χ3n) is 5.20. The Morgan fingerprint density at radius 1 is 1.33 bits per heavy atom. The van der Waals surface area contributed by atoms with Crippen LogP contribution in [0.3, 0.4) is 0 Å². The Hall–Kier alpha value is -0.830. The molecule has 1 heterocycles. The molecule has 3 nitrogen and oxygen atoms in total. The number of likely N-dealkylation sites (tertiary alicyclic amines) is 1. The zero-order chi connectivity index (χ0) is 15.4. The number of hydrogen-bond donors (Lipinski definition) is 1. The van der Waals surface area contributed by atoms with Gasteiger partial charge in [0.1, 0.15) is 0 Å². The van der Waals surface area contributed by atoms with Gasteiger partial charge in [0.15, 0.2) is 0 Å². The van der Waals surface area contributed by atoms with Gasteiger partial charge in [-0.05, 0) is 71.4 Å². The molecule has 2 atom stereocenters. The summed E-state index contributed by atoms with van der Waals surface area (Å²) in [6.07, 6.45) is 7.04. The molecule has 1 fully saturated rings. The van der Waals surface area contributed by atoms with Crippen molar-refractivity contribution in [2.24, 2.45) is 17.8 Å². The molecule has 0 unspecified atom stereocenters. The van der Waals surface area contributed by atoms with Crippen molar-refractivity contribution in [2.45, 2.75) is 59.4 Å². The molecule has 0 aromatic heterocycles. The molecule has 1 aliphatic heterocycles. The van der Waals surface area contributed by atoms with E-state index in [4.69, 9.17) is 0 Å². The number of hydrogen-bond acceptors (Lipinski definition) is 2. The summed E-state index contributed by atoms with van der Waals surface area (Å²) in [7, 11) is 0. The van der Waals surface area contributed by atoms with Gasteiger partial charge in [-0.3, -0.25) is 4.79 Å². The summed E-state index contributed by atoms with van der Waals surface area (Å²) in [6.45, 7) is 12.1. The lowest BCUT2D eigenvalue weighted by Crippen LogP contribution is -2.44. The van der Waals surface area contributed by atoms with E-state index in [2.05, 4.69) is 30.1 Å². The van der Waals surface area contributed by atoms with Crippen molar-refractivity contribution in [3.8, 4) is 0 Å². The molecule has 0 aromatic carbocycles. The van der Waals surface area contributed by atoms with E-state index in [0.717, 1.165) is 37.8 Å². The molecule has 3 heteroatoms. The number of piperidine rings is 1. The van der Waals surface area contributed by atoms with Crippen LogP contribution in [0.1, 0.15) is 53.4 Å². The van der Waals surface area contributed by atoms with E-state index >= 15 is 0 Å². The summed E-state index contributed by atoms with van der Waals surface area (Å²) < 4.78 is 0. The SMILES string of the molecule is CC1=CCC[C@@H](C)[C@@H]1CN1CCC(C(=O)NC(C)C)CC1. The average Bonchev–Trinajstić information content (AvgIpc) is 2.43. The van der Waals surface area contributed by atoms with Crippen LogP contribution in [-0.2, 0) is 4.79 Å². The van der Waals surface area contributed by atoms with Crippen LogP contribution in [0.15, 0.2) is 11.6 Å². The molecular weight excluding hydrogens is 260 g/mol. The Kier molecular flexibility index (Phi) is 5.86. The van der Waals surface area contributed by atoms with Crippen molar-refractivity contribution in [3.05, 3.63) is 11.6 Å². The van der Waals surface area contributed by atoms with Crippen LogP contribution in [0.2, 0.25) is 0 Å². The van der Waals surface area contributed by atoms with Crippen molar-refractivity contribution < 1.29 is 4.79 Å². The molecule has 120 valence electrons. The molecule has 1 N–H and O–H groups in total. The summed E-state index contributed by atoms with van der Waals surface area (Å²) >= 11 is 0. The Morgan fingerprint density at radius 3 is 2.57 bits per heavy atom. The van der Waals surface area contributed by atoms with Crippen LogP contribution < -0.4 is 5.32 Å². The van der Waals surface area contributed by atoms with Gasteiger partial charge in [0.2, 0.25) is 5.91 Å².